The van der Waals surface area contributed by atoms with Gasteiger partial charge in [-0.05, 0) is 24.3 Å². The van der Waals surface area contributed by atoms with Crippen LogP contribution in [0.25, 0.3) is 0 Å². The highest BCUT2D eigenvalue weighted by molar-refractivity contribution is 5.79. The second-order valence-electron chi connectivity index (χ2n) is 5.88. The molecule has 0 N–H and O–H groups in total. The van der Waals surface area contributed by atoms with Crippen LogP contribution in [0, 0.1) is 5.92 Å². The van der Waals surface area contributed by atoms with Gasteiger partial charge in [0, 0.05) is 32.0 Å². The Morgan fingerprint density at radius 3 is 2.35 bits per heavy atom. The molecule has 1 aliphatic heterocycles. The third-order valence-corrected chi connectivity index (χ3v) is 4.61. The zero-order valence-electron chi connectivity index (χ0n) is 12.0. The summed E-state index contributed by atoms with van der Waals surface area (Å²) in [4.78, 5) is 14.1. The van der Waals surface area contributed by atoms with Crippen molar-refractivity contribution in [2.24, 2.45) is 5.92 Å². The summed E-state index contributed by atoms with van der Waals surface area (Å²) in [5.41, 5.74) is 1.40. The number of rotatable bonds is 3. The van der Waals surface area contributed by atoms with Crippen LogP contribution in [0.2, 0.25) is 0 Å². The normalized spacial score (nSPS) is 23.7. The summed E-state index contributed by atoms with van der Waals surface area (Å²) in [6, 6.07) is 11.2. The maximum Gasteiger partial charge on any atom is 0.132 e. The van der Waals surface area contributed by atoms with Gasteiger partial charge in [-0.1, -0.05) is 30.3 Å². The van der Waals surface area contributed by atoms with Crippen molar-refractivity contribution in [3.63, 3.8) is 0 Å². The number of benzene rings is 1. The molecule has 2 aliphatic rings. The highest BCUT2D eigenvalue weighted by Crippen LogP contribution is 2.37. The van der Waals surface area contributed by atoms with Crippen molar-refractivity contribution < 1.29 is 9.53 Å². The van der Waals surface area contributed by atoms with Crippen LogP contribution in [0.1, 0.15) is 37.3 Å². The van der Waals surface area contributed by atoms with Crippen molar-refractivity contribution in [1.82, 2.24) is 4.90 Å². The topological polar surface area (TPSA) is 29.5 Å². The van der Waals surface area contributed by atoms with Crippen molar-refractivity contribution in [1.29, 1.82) is 0 Å². The first-order chi connectivity index (χ1) is 9.84. The van der Waals surface area contributed by atoms with Gasteiger partial charge in [0.1, 0.15) is 5.78 Å². The first-order valence-corrected chi connectivity index (χ1v) is 7.73. The highest BCUT2D eigenvalue weighted by atomic mass is 16.5. The largest absolute Gasteiger partial charge is 0.379 e. The molecule has 0 aromatic heterocycles. The van der Waals surface area contributed by atoms with Crippen LogP contribution < -0.4 is 0 Å². The molecule has 20 heavy (non-hydrogen) atoms. The first kappa shape index (κ1) is 13.8. The predicted octanol–water partition coefficient (Wildman–Crippen LogP) is 2.82. The SMILES string of the molecule is O=C1CCC(C(c2ccccc2)N2CCOCC2)CC1. The van der Waals surface area contributed by atoms with Crippen LogP contribution in [0.15, 0.2) is 30.3 Å². The van der Waals surface area contributed by atoms with Crippen LogP contribution in [0.5, 0.6) is 0 Å². The average molecular weight is 273 g/mol. The van der Waals surface area contributed by atoms with Crippen molar-refractivity contribution in [2.45, 2.75) is 31.7 Å². The Morgan fingerprint density at radius 2 is 1.70 bits per heavy atom. The van der Waals surface area contributed by atoms with Gasteiger partial charge in [0.2, 0.25) is 0 Å². The van der Waals surface area contributed by atoms with Gasteiger partial charge in [0.15, 0.2) is 0 Å². The average Bonchev–Trinajstić information content (AvgIpc) is 2.52. The summed E-state index contributed by atoms with van der Waals surface area (Å²) in [6.45, 7) is 3.66. The zero-order chi connectivity index (χ0) is 13.8. The van der Waals surface area contributed by atoms with Gasteiger partial charge < -0.3 is 4.74 Å². The Morgan fingerprint density at radius 1 is 1.05 bits per heavy atom. The van der Waals surface area contributed by atoms with E-state index in [1.165, 1.54) is 5.56 Å². The first-order valence-electron chi connectivity index (χ1n) is 7.73. The molecular weight excluding hydrogens is 250 g/mol. The molecule has 3 rings (SSSR count). The van der Waals surface area contributed by atoms with Crippen LogP contribution in [-0.4, -0.2) is 37.0 Å². The minimum Gasteiger partial charge on any atom is -0.379 e. The summed E-state index contributed by atoms with van der Waals surface area (Å²) in [7, 11) is 0. The van der Waals surface area contributed by atoms with Crippen LogP contribution in [0.3, 0.4) is 0 Å². The Bertz CT molecular complexity index is 430. The number of Topliss-reactive ketones (excluding diaryl/α,β-unsaturated/α-hetero) is 1. The maximum absolute atomic E-state index is 11.5. The second-order valence-corrected chi connectivity index (χ2v) is 5.88. The minimum absolute atomic E-state index is 0.440. The summed E-state index contributed by atoms with van der Waals surface area (Å²) in [5, 5.41) is 0. The van der Waals surface area contributed by atoms with E-state index in [-0.39, 0.29) is 0 Å². The molecule has 1 heterocycles. The van der Waals surface area contributed by atoms with Gasteiger partial charge in [-0.3, -0.25) is 9.69 Å². The number of nitrogens with zero attached hydrogens (tertiary/aromatic N) is 1. The Hall–Kier alpha value is -1.19. The third-order valence-electron chi connectivity index (χ3n) is 4.61. The molecule has 108 valence electrons. The predicted molar refractivity (Wildman–Crippen MR) is 78.5 cm³/mol. The van der Waals surface area contributed by atoms with E-state index in [0.29, 0.717) is 17.7 Å². The summed E-state index contributed by atoms with van der Waals surface area (Å²) >= 11 is 0. The van der Waals surface area contributed by atoms with E-state index in [1.807, 2.05) is 0 Å². The smallest absolute Gasteiger partial charge is 0.132 e. The van der Waals surface area contributed by atoms with Crippen molar-refractivity contribution in [3.05, 3.63) is 35.9 Å². The molecule has 2 fully saturated rings. The van der Waals surface area contributed by atoms with Gasteiger partial charge in [0.25, 0.3) is 0 Å². The molecule has 0 radical (unpaired) electrons. The van der Waals surface area contributed by atoms with Crippen LogP contribution >= 0.6 is 0 Å². The number of hydrogen-bond acceptors (Lipinski definition) is 3. The van der Waals surface area contributed by atoms with E-state index in [0.717, 1.165) is 52.0 Å². The van der Waals surface area contributed by atoms with E-state index >= 15 is 0 Å². The number of carbonyl (C=O) groups excluding carboxylic acids is 1. The molecule has 1 aromatic rings. The van der Waals surface area contributed by atoms with Crippen molar-refractivity contribution >= 4 is 5.78 Å². The quantitative estimate of drug-likeness (QED) is 0.848. The molecular formula is C17H23NO2. The zero-order valence-corrected chi connectivity index (χ0v) is 12.0. The summed E-state index contributed by atoms with van der Waals surface area (Å²) in [5.74, 6) is 1.04. The Labute approximate surface area is 120 Å². The van der Waals surface area contributed by atoms with E-state index in [2.05, 4.69) is 35.2 Å². The standard InChI is InChI=1S/C17H23NO2/c19-16-8-6-15(7-9-16)17(14-4-2-1-3-5-14)18-10-12-20-13-11-18/h1-5,15,17H,6-13H2. The van der Waals surface area contributed by atoms with Crippen LogP contribution in [-0.2, 0) is 9.53 Å². The molecule has 1 aliphatic carbocycles. The second kappa shape index (κ2) is 6.51. The van der Waals surface area contributed by atoms with E-state index < -0.39 is 0 Å². The van der Waals surface area contributed by atoms with Crippen LogP contribution in [0.4, 0.5) is 0 Å². The molecule has 0 amide bonds. The van der Waals surface area contributed by atoms with Gasteiger partial charge in [-0.2, -0.15) is 0 Å². The van der Waals surface area contributed by atoms with Gasteiger partial charge in [-0.15, -0.1) is 0 Å². The van der Waals surface area contributed by atoms with E-state index in [1.54, 1.807) is 0 Å². The van der Waals surface area contributed by atoms with Gasteiger partial charge in [0.05, 0.1) is 13.2 Å². The fourth-order valence-corrected chi connectivity index (χ4v) is 3.56. The lowest BCUT2D eigenvalue weighted by molar-refractivity contribution is -0.121. The lowest BCUT2D eigenvalue weighted by Gasteiger charge is -2.40. The third kappa shape index (κ3) is 3.10. The molecule has 3 nitrogen and oxygen atoms in total. The molecule has 1 aromatic carbocycles. The minimum atomic E-state index is 0.440. The highest BCUT2D eigenvalue weighted by Gasteiger charge is 2.32. The molecule has 1 atom stereocenters. The Kier molecular flexibility index (Phi) is 4.48. The molecule has 0 spiro atoms. The van der Waals surface area contributed by atoms with E-state index in [4.69, 9.17) is 4.74 Å². The fourth-order valence-electron chi connectivity index (χ4n) is 3.56. The number of ether oxygens (including phenoxy) is 1. The van der Waals surface area contributed by atoms with Gasteiger partial charge >= 0.3 is 0 Å². The number of morpholine rings is 1. The molecule has 1 saturated carbocycles. The molecule has 1 saturated heterocycles. The van der Waals surface area contributed by atoms with Crippen molar-refractivity contribution in [3.8, 4) is 0 Å². The fraction of sp³-hybridized carbons (Fsp3) is 0.588. The Balaban J connectivity index is 1.81. The summed E-state index contributed by atoms with van der Waals surface area (Å²) < 4.78 is 5.49. The summed E-state index contributed by atoms with van der Waals surface area (Å²) in [6.07, 6.45) is 3.60. The number of ketones is 1. The maximum atomic E-state index is 11.5. The molecule has 3 heteroatoms. The van der Waals surface area contributed by atoms with Gasteiger partial charge in [-0.25, -0.2) is 0 Å². The molecule has 1 unspecified atom stereocenters. The lowest BCUT2D eigenvalue weighted by Crippen LogP contribution is -2.42. The van der Waals surface area contributed by atoms with Crippen molar-refractivity contribution in [2.75, 3.05) is 26.3 Å². The number of carbonyl (C=O) groups is 1. The molecule has 0 bridgehead atoms. The monoisotopic (exact) mass is 273 g/mol. The number of hydrogen-bond donors (Lipinski definition) is 0. The van der Waals surface area contributed by atoms with E-state index in [9.17, 15) is 4.79 Å². The lowest BCUT2D eigenvalue weighted by atomic mass is 9.79.